The minimum Gasteiger partial charge on any atom is -0.481 e. The van der Waals surface area contributed by atoms with Crippen LogP contribution in [-0.4, -0.2) is 22.2 Å². The minimum absolute atomic E-state index is 0.0654. The molecule has 1 saturated carbocycles. The van der Waals surface area contributed by atoms with Gasteiger partial charge in [0.25, 0.3) is 0 Å². The lowest BCUT2D eigenvalue weighted by atomic mass is 9.55. The smallest absolute Gasteiger partial charge is 0.308 e. The number of rotatable bonds is 14. The maximum Gasteiger partial charge on any atom is 0.308 e. The second-order valence-electron chi connectivity index (χ2n) is 10.6. The Labute approximate surface area is 183 Å². The molecule has 0 aromatic carbocycles. The second-order valence-corrected chi connectivity index (χ2v) is 10.6. The van der Waals surface area contributed by atoms with Gasteiger partial charge in [-0.2, -0.15) is 0 Å². The highest BCUT2D eigenvalue weighted by molar-refractivity contribution is 5.82. The number of hydrogen-bond acceptors (Lipinski definition) is 2. The highest BCUT2D eigenvalue weighted by Crippen LogP contribution is 2.54. The zero-order valence-corrected chi connectivity index (χ0v) is 19.7. The van der Waals surface area contributed by atoms with E-state index < -0.39 is 23.8 Å². The zero-order valence-electron chi connectivity index (χ0n) is 19.7. The molecule has 0 heterocycles. The van der Waals surface area contributed by atoms with Gasteiger partial charge < -0.3 is 10.2 Å². The topological polar surface area (TPSA) is 74.6 Å². The van der Waals surface area contributed by atoms with E-state index in [9.17, 15) is 19.8 Å². The van der Waals surface area contributed by atoms with Crippen LogP contribution < -0.4 is 0 Å². The molecule has 4 nitrogen and oxygen atoms in total. The number of aliphatic carboxylic acids is 2. The SMILES string of the molecule is CC(C)CCCCCC1=C(CCCCCC(C)C)C2CCC1C(C(=O)O)C2C(=O)O. The van der Waals surface area contributed by atoms with Gasteiger partial charge in [-0.25, -0.2) is 0 Å². The first-order valence-corrected chi connectivity index (χ1v) is 12.4. The molecule has 0 saturated heterocycles. The van der Waals surface area contributed by atoms with Crippen LogP contribution in [0.25, 0.3) is 0 Å². The summed E-state index contributed by atoms with van der Waals surface area (Å²) in [6.07, 6.45) is 13.1. The van der Waals surface area contributed by atoms with Crippen molar-refractivity contribution in [2.24, 2.45) is 35.5 Å². The molecule has 2 bridgehead atoms. The summed E-state index contributed by atoms with van der Waals surface area (Å²) in [4.78, 5) is 24.1. The Balaban J connectivity index is 2.13. The maximum absolute atomic E-state index is 12.0. The van der Waals surface area contributed by atoms with Gasteiger partial charge in [-0.05, 0) is 62.2 Å². The number of hydrogen-bond donors (Lipinski definition) is 2. The summed E-state index contributed by atoms with van der Waals surface area (Å²) in [6, 6.07) is 0. The Bertz CT molecular complexity index is 552. The lowest BCUT2D eigenvalue weighted by molar-refractivity contribution is -0.161. The first kappa shape index (κ1) is 24.9. The first-order chi connectivity index (χ1) is 14.2. The van der Waals surface area contributed by atoms with Crippen molar-refractivity contribution in [3.05, 3.63) is 11.1 Å². The average molecular weight is 421 g/mol. The van der Waals surface area contributed by atoms with Gasteiger partial charge >= 0.3 is 11.9 Å². The van der Waals surface area contributed by atoms with Gasteiger partial charge in [0.1, 0.15) is 0 Å². The second kappa shape index (κ2) is 11.9. The molecule has 3 rings (SSSR count). The maximum atomic E-state index is 12.0. The van der Waals surface area contributed by atoms with Crippen LogP contribution in [0.1, 0.15) is 105 Å². The molecule has 4 unspecified atom stereocenters. The van der Waals surface area contributed by atoms with E-state index >= 15 is 0 Å². The van der Waals surface area contributed by atoms with Crippen LogP contribution >= 0.6 is 0 Å². The number of allylic oxidation sites excluding steroid dienone is 2. The average Bonchev–Trinajstić information content (AvgIpc) is 2.67. The fourth-order valence-electron chi connectivity index (χ4n) is 5.91. The third-order valence-corrected chi connectivity index (χ3v) is 7.38. The van der Waals surface area contributed by atoms with E-state index in [0.717, 1.165) is 50.4 Å². The van der Waals surface area contributed by atoms with Gasteiger partial charge in [0.05, 0.1) is 11.8 Å². The number of unbranched alkanes of at least 4 members (excludes halogenated alkanes) is 4. The van der Waals surface area contributed by atoms with Crippen molar-refractivity contribution in [3.8, 4) is 0 Å². The molecule has 0 aliphatic heterocycles. The fraction of sp³-hybridized carbons (Fsp3) is 0.846. The fourth-order valence-corrected chi connectivity index (χ4v) is 5.91. The summed E-state index contributed by atoms with van der Waals surface area (Å²) in [5.74, 6) is -1.98. The van der Waals surface area contributed by atoms with Gasteiger partial charge in [-0.1, -0.05) is 77.4 Å². The van der Waals surface area contributed by atoms with Crippen molar-refractivity contribution >= 4 is 11.9 Å². The summed E-state index contributed by atoms with van der Waals surface area (Å²) in [5.41, 5.74) is 2.68. The molecule has 1 fully saturated rings. The molecule has 0 amide bonds. The molecule has 4 heteroatoms. The molecule has 3 aliphatic rings. The number of fused-ring (bicyclic) bond motifs is 2. The van der Waals surface area contributed by atoms with Crippen LogP contribution in [0.15, 0.2) is 11.1 Å². The molecule has 2 N–H and O–H groups in total. The van der Waals surface area contributed by atoms with Gasteiger partial charge in [0.15, 0.2) is 0 Å². The first-order valence-electron chi connectivity index (χ1n) is 12.4. The number of carboxylic acid groups (broad SMARTS) is 2. The summed E-state index contributed by atoms with van der Waals surface area (Å²) < 4.78 is 0. The van der Waals surface area contributed by atoms with Crippen molar-refractivity contribution in [1.82, 2.24) is 0 Å². The van der Waals surface area contributed by atoms with Crippen molar-refractivity contribution in [1.29, 1.82) is 0 Å². The zero-order chi connectivity index (χ0) is 22.3. The minimum atomic E-state index is -0.912. The predicted molar refractivity (Wildman–Crippen MR) is 121 cm³/mol. The molecule has 3 aliphatic carbocycles. The highest BCUT2D eigenvalue weighted by atomic mass is 16.4. The van der Waals surface area contributed by atoms with Crippen molar-refractivity contribution < 1.29 is 19.8 Å². The monoisotopic (exact) mass is 420 g/mol. The molecule has 0 spiro atoms. The van der Waals surface area contributed by atoms with Crippen LogP contribution in [0.3, 0.4) is 0 Å². The summed E-state index contributed by atoms with van der Waals surface area (Å²) >= 11 is 0. The predicted octanol–water partition coefficient (Wildman–Crippen LogP) is 6.94. The van der Waals surface area contributed by atoms with Crippen LogP contribution in [0, 0.1) is 35.5 Å². The summed E-state index contributed by atoms with van der Waals surface area (Å²) in [7, 11) is 0. The van der Waals surface area contributed by atoms with E-state index in [1.165, 1.54) is 49.7 Å². The van der Waals surface area contributed by atoms with Crippen LogP contribution in [0.4, 0.5) is 0 Å². The third kappa shape index (κ3) is 6.59. The van der Waals surface area contributed by atoms with Gasteiger partial charge in [-0.15, -0.1) is 0 Å². The molecule has 4 atom stereocenters. The van der Waals surface area contributed by atoms with Gasteiger partial charge in [0, 0.05) is 0 Å². The molecule has 172 valence electrons. The Morgan fingerprint density at radius 3 is 1.37 bits per heavy atom. The molecular formula is C26H44O4. The standard InChI is InChI=1S/C26H44O4/c1-17(2)11-7-5-9-13-19-20(14-10-6-8-12-18(3)4)22-16-15-21(19)23(25(27)28)24(22)26(29)30/h17-18,21-24H,5-16H2,1-4H3,(H,27,28)(H,29,30). The quantitative estimate of drug-likeness (QED) is 0.236. The van der Waals surface area contributed by atoms with Crippen molar-refractivity contribution in [2.45, 2.75) is 105 Å². The lowest BCUT2D eigenvalue weighted by Crippen LogP contribution is -2.49. The van der Waals surface area contributed by atoms with E-state index in [1.54, 1.807) is 0 Å². The van der Waals surface area contributed by atoms with Gasteiger partial charge in [-0.3, -0.25) is 9.59 Å². The molecule has 0 radical (unpaired) electrons. The number of carbonyl (C=O) groups is 2. The van der Waals surface area contributed by atoms with Crippen molar-refractivity contribution in [2.75, 3.05) is 0 Å². The number of carboxylic acids is 2. The van der Waals surface area contributed by atoms with Crippen LogP contribution in [0.2, 0.25) is 0 Å². The Hall–Kier alpha value is -1.32. The van der Waals surface area contributed by atoms with Gasteiger partial charge in [0.2, 0.25) is 0 Å². The summed E-state index contributed by atoms with van der Waals surface area (Å²) in [6.45, 7) is 9.01. The molecule has 30 heavy (non-hydrogen) atoms. The third-order valence-electron chi connectivity index (χ3n) is 7.38. The Morgan fingerprint density at radius 2 is 1.07 bits per heavy atom. The van der Waals surface area contributed by atoms with E-state index in [1.807, 2.05) is 0 Å². The summed E-state index contributed by atoms with van der Waals surface area (Å²) in [5, 5.41) is 19.7. The highest BCUT2D eigenvalue weighted by Gasteiger charge is 2.53. The largest absolute Gasteiger partial charge is 0.481 e. The van der Waals surface area contributed by atoms with Crippen molar-refractivity contribution in [3.63, 3.8) is 0 Å². The van der Waals surface area contributed by atoms with E-state index in [-0.39, 0.29) is 11.8 Å². The Morgan fingerprint density at radius 1 is 0.700 bits per heavy atom. The Kier molecular flexibility index (Phi) is 9.90. The lowest BCUT2D eigenvalue weighted by Gasteiger charge is -2.48. The van der Waals surface area contributed by atoms with E-state index in [4.69, 9.17) is 0 Å². The molecular weight excluding hydrogens is 376 g/mol. The van der Waals surface area contributed by atoms with E-state index in [2.05, 4.69) is 27.7 Å². The molecule has 0 aromatic heterocycles. The normalized spacial score (nSPS) is 26.1. The van der Waals surface area contributed by atoms with Crippen LogP contribution in [-0.2, 0) is 9.59 Å². The molecule has 0 aromatic rings. The van der Waals surface area contributed by atoms with Crippen LogP contribution in [0.5, 0.6) is 0 Å². The van der Waals surface area contributed by atoms with E-state index in [0.29, 0.717) is 0 Å².